The third kappa shape index (κ3) is 3.73. The van der Waals surface area contributed by atoms with Crippen LogP contribution in [0.4, 0.5) is 0 Å². The maximum atomic E-state index is 12.7. The maximum Gasteiger partial charge on any atom is 0.322 e. The number of carbonyl (C=O) groups is 1. The van der Waals surface area contributed by atoms with Crippen LogP contribution in [0.1, 0.15) is 27.2 Å². The minimum atomic E-state index is -4.03. The smallest absolute Gasteiger partial charge is 0.322 e. The highest BCUT2D eigenvalue weighted by Crippen LogP contribution is 2.29. The molecule has 1 aromatic heterocycles. The Morgan fingerprint density at radius 3 is 2.43 bits per heavy atom. The largest absolute Gasteiger partial charge is 0.480 e. The van der Waals surface area contributed by atoms with E-state index in [0.29, 0.717) is 11.0 Å². The average molecular weight is 339 g/mol. The van der Waals surface area contributed by atoms with E-state index in [4.69, 9.17) is 4.42 Å². The second-order valence-electron chi connectivity index (χ2n) is 6.74. The Hall–Kier alpha value is -1.86. The van der Waals surface area contributed by atoms with Crippen molar-refractivity contribution < 1.29 is 22.7 Å². The van der Waals surface area contributed by atoms with Crippen LogP contribution in [0.15, 0.2) is 39.8 Å². The van der Waals surface area contributed by atoms with Crippen molar-refractivity contribution in [2.24, 2.45) is 5.41 Å². The molecule has 0 aliphatic heterocycles. The number of para-hydroxylation sites is 1. The number of fused-ring (bicyclic) bond motifs is 1. The van der Waals surface area contributed by atoms with E-state index in [0.717, 1.165) is 4.31 Å². The molecule has 0 saturated carbocycles. The monoisotopic (exact) mass is 339 g/mol. The van der Waals surface area contributed by atoms with Gasteiger partial charge < -0.3 is 9.52 Å². The number of likely N-dealkylation sites (N-methyl/N-ethyl adjacent to an activating group) is 1. The Bertz CT molecular complexity index is 783. The number of nitrogens with zero attached hydrogens (tertiary/aromatic N) is 1. The lowest BCUT2D eigenvalue weighted by atomic mass is 9.88. The van der Waals surface area contributed by atoms with Gasteiger partial charge in [0, 0.05) is 18.5 Å². The predicted octanol–water partition coefficient (Wildman–Crippen LogP) is 2.94. The van der Waals surface area contributed by atoms with E-state index in [2.05, 4.69) is 0 Å². The Kier molecular flexibility index (Phi) is 4.54. The summed E-state index contributed by atoms with van der Waals surface area (Å²) in [5.41, 5.74) is 0.114. The Morgan fingerprint density at radius 2 is 1.91 bits per heavy atom. The lowest BCUT2D eigenvalue weighted by molar-refractivity contribution is -0.142. The molecule has 2 aromatic rings. The van der Waals surface area contributed by atoms with Crippen molar-refractivity contribution in [3.05, 3.63) is 30.3 Å². The van der Waals surface area contributed by atoms with Crippen molar-refractivity contribution >= 4 is 27.0 Å². The van der Waals surface area contributed by atoms with Crippen LogP contribution in [-0.2, 0) is 14.8 Å². The molecule has 7 heteroatoms. The number of aliphatic carboxylic acids is 1. The van der Waals surface area contributed by atoms with Crippen LogP contribution < -0.4 is 0 Å². The minimum Gasteiger partial charge on any atom is -0.480 e. The lowest BCUT2D eigenvalue weighted by Gasteiger charge is -2.28. The molecule has 0 aliphatic carbocycles. The van der Waals surface area contributed by atoms with Crippen LogP contribution in [0.5, 0.6) is 0 Å². The number of hydrogen-bond donors (Lipinski definition) is 1. The second kappa shape index (κ2) is 5.98. The third-order valence-corrected chi connectivity index (χ3v) is 5.29. The van der Waals surface area contributed by atoms with E-state index >= 15 is 0 Å². The van der Waals surface area contributed by atoms with Gasteiger partial charge in [-0.15, -0.1) is 0 Å². The van der Waals surface area contributed by atoms with Gasteiger partial charge in [-0.2, -0.15) is 4.31 Å². The van der Waals surface area contributed by atoms with Crippen molar-refractivity contribution in [3.63, 3.8) is 0 Å². The molecule has 1 atom stereocenters. The Labute approximate surface area is 135 Å². The normalized spacial score (nSPS) is 14.3. The van der Waals surface area contributed by atoms with E-state index in [9.17, 15) is 18.3 Å². The molecule has 0 fully saturated rings. The zero-order chi connectivity index (χ0) is 17.4. The van der Waals surface area contributed by atoms with Gasteiger partial charge in [0.2, 0.25) is 5.09 Å². The van der Waals surface area contributed by atoms with Crippen molar-refractivity contribution in [2.45, 2.75) is 38.3 Å². The second-order valence-corrected chi connectivity index (χ2v) is 8.67. The fraction of sp³-hybridized carbons (Fsp3) is 0.438. The average Bonchev–Trinajstić information content (AvgIpc) is 2.87. The first kappa shape index (κ1) is 17.5. The van der Waals surface area contributed by atoms with Gasteiger partial charge in [0.1, 0.15) is 11.6 Å². The fourth-order valence-corrected chi connectivity index (χ4v) is 3.60. The van der Waals surface area contributed by atoms with E-state index in [1.807, 2.05) is 20.8 Å². The van der Waals surface area contributed by atoms with Gasteiger partial charge in [0.05, 0.1) is 0 Å². The van der Waals surface area contributed by atoms with Gasteiger partial charge >= 0.3 is 5.97 Å². The lowest BCUT2D eigenvalue weighted by Crippen LogP contribution is -2.44. The number of hydrogen-bond acceptors (Lipinski definition) is 4. The summed E-state index contributed by atoms with van der Waals surface area (Å²) >= 11 is 0. The first-order chi connectivity index (χ1) is 10.5. The van der Waals surface area contributed by atoms with E-state index in [1.54, 1.807) is 24.3 Å². The molecular weight excluding hydrogens is 318 g/mol. The van der Waals surface area contributed by atoms with Crippen LogP contribution in [-0.4, -0.2) is 36.9 Å². The molecule has 1 heterocycles. The molecule has 1 unspecified atom stereocenters. The molecule has 126 valence electrons. The van der Waals surface area contributed by atoms with E-state index < -0.39 is 22.0 Å². The zero-order valence-electron chi connectivity index (χ0n) is 13.6. The van der Waals surface area contributed by atoms with Gasteiger partial charge in [-0.3, -0.25) is 4.79 Å². The highest BCUT2D eigenvalue weighted by molar-refractivity contribution is 7.89. The van der Waals surface area contributed by atoms with Crippen molar-refractivity contribution in [1.82, 2.24) is 4.31 Å². The van der Waals surface area contributed by atoms with Crippen molar-refractivity contribution in [2.75, 3.05) is 7.05 Å². The van der Waals surface area contributed by atoms with E-state index in [1.165, 1.54) is 13.1 Å². The van der Waals surface area contributed by atoms with Crippen molar-refractivity contribution in [1.29, 1.82) is 0 Å². The number of furan rings is 1. The summed E-state index contributed by atoms with van der Waals surface area (Å²) in [5.74, 6) is -1.18. The first-order valence-corrected chi connectivity index (χ1v) is 8.66. The molecule has 1 N–H and O–H groups in total. The standard InChI is InChI=1S/C16H21NO5S/c1-16(2,3)10-12(15(18)19)17(4)23(20,21)14-9-11-7-5-6-8-13(11)22-14/h5-9,12H,10H2,1-4H3,(H,18,19). The topological polar surface area (TPSA) is 87.8 Å². The molecule has 0 aliphatic rings. The molecule has 2 rings (SSSR count). The number of carboxylic acids is 1. The fourth-order valence-electron chi connectivity index (χ4n) is 2.35. The van der Waals surface area contributed by atoms with Gasteiger partial charge in [0.25, 0.3) is 10.0 Å². The minimum absolute atomic E-state index is 0.193. The summed E-state index contributed by atoms with van der Waals surface area (Å²) in [6.45, 7) is 5.60. The van der Waals surface area contributed by atoms with Crippen LogP contribution >= 0.6 is 0 Å². The van der Waals surface area contributed by atoms with Gasteiger partial charge in [-0.1, -0.05) is 39.0 Å². The van der Waals surface area contributed by atoms with Crippen LogP contribution in [0.25, 0.3) is 11.0 Å². The molecule has 1 aromatic carbocycles. The van der Waals surface area contributed by atoms with Crippen LogP contribution in [0.2, 0.25) is 0 Å². The SMILES string of the molecule is CN(C(CC(C)(C)C)C(=O)O)S(=O)(=O)c1cc2ccccc2o1. The highest BCUT2D eigenvalue weighted by Gasteiger charge is 2.37. The zero-order valence-corrected chi connectivity index (χ0v) is 14.4. The van der Waals surface area contributed by atoms with Crippen molar-refractivity contribution in [3.8, 4) is 0 Å². The summed E-state index contributed by atoms with van der Waals surface area (Å²) in [4.78, 5) is 11.5. The van der Waals surface area contributed by atoms with Gasteiger partial charge in [0.15, 0.2) is 0 Å². The molecule has 0 amide bonds. The Balaban J connectivity index is 2.41. The number of sulfonamides is 1. The van der Waals surface area contributed by atoms with Crippen LogP contribution in [0, 0.1) is 5.41 Å². The number of benzene rings is 1. The molecule has 6 nitrogen and oxygen atoms in total. The quantitative estimate of drug-likeness (QED) is 0.905. The number of carboxylic acid groups (broad SMARTS) is 1. The summed E-state index contributed by atoms with van der Waals surface area (Å²) in [6, 6.07) is 7.17. The molecule has 0 radical (unpaired) electrons. The van der Waals surface area contributed by atoms with E-state index in [-0.39, 0.29) is 16.9 Å². The molecule has 0 bridgehead atoms. The summed E-state index contributed by atoms with van der Waals surface area (Å²) < 4.78 is 31.7. The summed E-state index contributed by atoms with van der Waals surface area (Å²) in [7, 11) is -2.76. The first-order valence-electron chi connectivity index (χ1n) is 7.22. The predicted molar refractivity (Wildman–Crippen MR) is 86.7 cm³/mol. The molecule has 0 spiro atoms. The Morgan fingerprint density at radius 1 is 1.30 bits per heavy atom. The van der Waals surface area contributed by atoms with Gasteiger partial charge in [-0.05, 0) is 17.9 Å². The number of rotatable bonds is 5. The summed E-state index contributed by atoms with van der Waals surface area (Å²) in [5, 5.41) is 9.83. The molecular formula is C16H21NO5S. The maximum absolute atomic E-state index is 12.7. The molecule has 0 saturated heterocycles. The third-order valence-electron chi connectivity index (χ3n) is 3.57. The molecule has 23 heavy (non-hydrogen) atoms. The van der Waals surface area contributed by atoms with Crippen LogP contribution in [0.3, 0.4) is 0 Å². The highest BCUT2D eigenvalue weighted by atomic mass is 32.2. The summed E-state index contributed by atoms with van der Waals surface area (Å²) in [6.07, 6.45) is 0.193. The van der Waals surface area contributed by atoms with Gasteiger partial charge in [-0.25, -0.2) is 8.42 Å².